The summed E-state index contributed by atoms with van der Waals surface area (Å²) >= 11 is 0. The first kappa shape index (κ1) is 16.8. The summed E-state index contributed by atoms with van der Waals surface area (Å²) < 4.78 is 42.7. The molecule has 20 heavy (non-hydrogen) atoms. The molecule has 6 heteroatoms. The van der Waals surface area contributed by atoms with Crippen molar-refractivity contribution in [2.24, 2.45) is 5.73 Å². The summed E-state index contributed by atoms with van der Waals surface area (Å²) in [6.45, 7) is 3.09. The van der Waals surface area contributed by atoms with Crippen molar-refractivity contribution in [3.05, 3.63) is 29.3 Å². The van der Waals surface area contributed by atoms with Crippen molar-refractivity contribution in [2.45, 2.75) is 32.6 Å². The van der Waals surface area contributed by atoms with E-state index in [0.29, 0.717) is 17.9 Å². The van der Waals surface area contributed by atoms with Crippen LogP contribution in [0.3, 0.4) is 0 Å². The van der Waals surface area contributed by atoms with Crippen molar-refractivity contribution >= 4 is 0 Å². The average Bonchev–Trinajstić information content (AvgIpc) is 2.36. The van der Waals surface area contributed by atoms with Gasteiger partial charge >= 0.3 is 6.18 Å². The van der Waals surface area contributed by atoms with Gasteiger partial charge in [0.05, 0.1) is 13.7 Å². The van der Waals surface area contributed by atoms with Gasteiger partial charge in [0.15, 0.2) is 0 Å². The quantitative estimate of drug-likeness (QED) is 0.875. The largest absolute Gasteiger partial charge is 0.496 e. The number of benzene rings is 1. The lowest BCUT2D eigenvalue weighted by molar-refractivity contribution is -0.146. The molecule has 114 valence electrons. The summed E-state index contributed by atoms with van der Waals surface area (Å²) in [7, 11) is 1.50. The Morgan fingerprint density at radius 2 is 2.00 bits per heavy atom. The molecule has 0 aliphatic carbocycles. The minimum absolute atomic E-state index is 0.169. The van der Waals surface area contributed by atoms with Gasteiger partial charge in [0.25, 0.3) is 0 Å². The Labute approximate surface area is 117 Å². The number of rotatable bonds is 6. The van der Waals surface area contributed by atoms with Crippen LogP contribution in [0.5, 0.6) is 5.75 Å². The summed E-state index contributed by atoms with van der Waals surface area (Å²) in [4.78, 5) is 1.32. The topological polar surface area (TPSA) is 38.5 Å². The number of methoxy groups -OCH3 is 1. The first-order valence-electron chi connectivity index (χ1n) is 6.48. The van der Waals surface area contributed by atoms with Crippen molar-refractivity contribution in [3.8, 4) is 5.75 Å². The lowest BCUT2D eigenvalue weighted by atomic mass is 10.0. The molecule has 0 heterocycles. The number of alkyl halides is 3. The zero-order chi connectivity index (χ0) is 15.3. The third-order valence-corrected chi connectivity index (χ3v) is 3.07. The molecule has 1 unspecified atom stereocenters. The van der Waals surface area contributed by atoms with E-state index in [0.717, 1.165) is 5.56 Å². The van der Waals surface area contributed by atoms with E-state index in [1.54, 1.807) is 13.0 Å². The van der Waals surface area contributed by atoms with E-state index in [1.165, 1.54) is 12.0 Å². The summed E-state index contributed by atoms with van der Waals surface area (Å²) in [6, 6.07) is 5.21. The van der Waals surface area contributed by atoms with Gasteiger partial charge < -0.3 is 10.5 Å². The van der Waals surface area contributed by atoms with Crippen LogP contribution in [0.15, 0.2) is 18.2 Å². The van der Waals surface area contributed by atoms with Crippen LogP contribution >= 0.6 is 0 Å². The number of nitrogens with two attached hydrogens (primary N) is 1. The maximum atomic E-state index is 12.5. The van der Waals surface area contributed by atoms with Crippen molar-refractivity contribution in [2.75, 3.05) is 20.2 Å². The smallest absolute Gasteiger partial charge is 0.401 e. The van der Waals surface area contributed by atoms with E-state index in [2.05, 4.69) is 0 Å². The molecule has 0 bridgehead atoms. The molecule has 0 amide bonds. The second-order valence-electron chi connectivity index (χ2n) is 4.78. The number of hydrogen-bond acceptors (Lipinski definition) is 3. The standard InChI is InChI=1S/C14H21F3N2O/c1-4-19(9-14(15,16)17)8-12-7-11(10(2)18)5-6-13(12)20-3/h5-7,10H,4,8-9,18H2,1-3H3. The predicted molar refractivity (Wildman–Crippen MR) is 72.6 cm³/mol. The van der Waals surface area contributed by atoms with Gasteiger partial charge in [-0.1, -0.05) is 13.0 Å². The highest BCUT2D eigenvalue weighted by molar-refractivity contribution is 5.38. The first-order valence-corrected chi connectivity index (χ1v) is 6.48. The molecule has 0 aliphatic rings. The molecule has 0 spiro atoms. The Hall–Kier alpha value is -1.27. The Morgan fingerprint density at radius 1 is 1.35 bits per heavy atom. The molecule has 0 saturated carbocycles. The second kappa shape index (κ2) is 6.95. The second-order valence-corrected chi connectivity index (χ2v) is 4.78. The van der Waals surface area contributed by atoms with Crippen molar-refractivity contribution in [1.29, 1.82) is 0 Å². The van der Waals surface area contributed by atoms with Gasteiger partial charge in [-0.25, -0.2) is 0 Å². The molecule has 1 aromatic rings. The van der Waals surface area contributed by atoms with Crippen LogP contribution in [-0.4, -0.2) is 31.3 Å². The molecule has 0 aromatic heterocycles. The van der Waals surface area contributed by atoms with E-state index in [4.69, 9.17) is 10.5 Å². The SMILES string of the molecule is CCN(Cc1cc(C(C)N)ccc1OC)CC(F)(F)F. The first-order chi connectivity index (χ1) is 9.26. The third-order valence-electron chi connectivity index (χ3n) is 3.07. The summed E-state index contributed by atoms with van der Waals surface area (Å²) in [6.07, 6.45) is -4.21. The van der Waals surface area contributed by atoms with Gasteiger partial charge in [0, 0.05) is 18.2 Å². The number of nitrogens with zero attached hydrogens (tertiary/aromatic N) is 1. The summed E-state index contributed by atoms with van der Waals surface area (Å²) in [5, 5.41) is 0. The average molecular weight is 290 g/mol. The minimum Gasteiger partial charge on any atom is -0.496 e. The Bertz CT molecular complexity index is 433. The lowest BCUT2D eigenvalue weighted by Gasteiger charge is -2.23. The van der Waals surface area contributed by atoms with Gasteiger partial charge in [-0.05, 0) is 31.2 Å². The van der Waals surface area contributed by atoms with Crippen LogP contribution in [0.4, 0.5) is 13.2 Å². The molecule has 1 rings (SSSR count). The monoisotopic (exact) mass is 290 g/mol. The molecule has 0 aliphatic heterocycles. The minimum atomic E-state index is -4.21. The van der Waals surface area contributed by atoms with Crippen LogP contribution in [0.2, 0.25) is 0 Å². The highest BCUT2D eigenvalue weighted by atomic mass is 19.4. The van der Waals surface area contributed by atoms with Crippen LogP contribution in [-0.2, 0) is 6.54 Å². The zero-order valence-electron chi connectivity index (χ0n) is 12.0. The molecule has 0 radical (unpaired) electrons. The predicted octanol–water partition coefficient (Wildman–Crippen LogP) is 3.10. The molecular weight excluding hydrogens is 269 g/mol. The van der Waals surface area contributed by atoms with Gasteiger partial charge in [-0.15, -0.1) is 0 Å². The molecule has 1 atom stereocenters. The fraction of sp³-hybridized carbons (Fsp3) is 0.571. The normalized spacial score (nSPS) is 13.6. The zero-order valence-corrected chi connectivity index (χ0v) is 12.0. The van der Waals surface area contributed by atoms with E-state index in [1.807, 2.05) is 19.1 Å². The van der Waals surface area contributed by atoms with Gasteiger partial charge in [0.1, 0.15) is 5.75 Å². The molecular formula is C14H21F3N2O. The summed E-state index contributed by atoms with van der Waals surface area (Å²) in [5.74, 6) is 0.579. The van der Waals surface area contributed by atoms with Gasteiger partial charge in [-0.3, -0.25) is 4.90 Å². The molecule has 0 fully saturated rings. The van der Waals surface area contributed by atoms with E-state index in [-0.39, 0.29) is 12.6 Å². The molecule has 3 nitrogen and oxygen atoms in total. The Balaban J connectivity index is 2.95. The fourth-order valence-corrected chi connectivity index (χ4v) is 1.98. The third kappa shape index (κ3) is 5.02. The highest BCUT2D eigenvalue weighted by Crippen LogP contribution is 2.25. The van der Waals surface area contributed by atoms with Crippen LogP contribution in [0, 0.1) is 0 Å². The molecule has 0 saturated heterocycles. The lowest BCUT2D eigenvalue weighted by Crippen LogP contribution is -2.33. The van der Waals surface area contributed by atoms with Crippen LogP contribution in [0.25, 0.3) is 0 Å². The molecule has 2 N–H and O–H groups in total. The number of hydrogen-bond donors (Lipinski definition) is 1. The van der Waals surface area contributed by atoms with Crippen LogP contribution < -0.4 is 10.5 Å². The Morgan fingerprint density at radius 3 is 2.45 bits per heavy atom. The van der Waals surface area contributed by atoms with E-state index >= 15 is 0 Å². The maximum Gasteiger partial charge on any atom is 0.401 e. The van der Waals surface area contributed by atoms with Crippen molar-refractivity contribution < 1.29 is 17.9 Å². The van der Waals surface area contributed by atoms with Crippen LogP contribution in [0.1, 0.15) is 31.0 Å². The van der Waals surface area contributed by atoms with Gasteiger partial charge in [0.2, 0.25) is 0 Å². The number of ether oxygens (including phenoxy) is 1. The highest BCUT2D eigenvalue weighted by Gasteiger charge is 2.30. The summed E-state index contributed by atoms with van der Waals surface area (Å²) in [5.41, 5.74) is 7.40. The Kier molecular flexibility index (Phi) is 5.83. The van der Waals surface area contributed by atoms with Crippen molar-refractivity contribution in [1.82, 2.24) is 4.90 Å². The fourth-order valence-electron chi connectivity index (χ4n) is 1.98. The number of halogens is 3. The van der Waals surface area contributed by atoms with E-state index < -0.39 is 12.7 Å². The maximum absolute atomic E-state index is 12.5. The van der Waals surface area contributed by atoms with Crippen molar-refractivity contribution in [3.63, 3.8) is 0 Å². The molecule has 1 aromatic carbocycles. The van der Waals surface area contributed by atoms with Gasteiger partial charge in [-0.2, -0.15) is 13.2 Å². The van der Waals surface area contributed by atoms with E-state index in [9.17, 15) is 13.2 Å².